The van der Waals surface area contributed by atoms with Crippen molar-refractivity contribution < 1.29 is 27.8 Å². The lowest BCUT2D eigenvalue weighted by atomic mass is 9.71. The van der Waals surface area contributed by atoms with E-state index in [-0.39, 0.29) is 28.0 Å². The van der Waals surface area contributed by atoms with Gasteiger partial charge in [0.15, 0.2) is 0 Å². The molecule has 1 spiro atoms. The number of nitrogens with two attached hydrogens (primary N) is 1. The molecule has 5 N–H and O–H groups in total. The second-order valence-electron chi connectivity index (χ2n) is 9.93. The summed E-state index contributed by atoms with van der Waals surface area (Å²) in [5.41, 5.74) is 6.45. The molecule has 8 nitrogen and oxygen atoms in total. The molecule has 206 valence electrons. The molecular formula is C27H27ClF3N5O3. The van der Waals surface area contributed by atoms with Crippen molar-refractivity contribution in [3.8, 4) is 17.0 Å². The summed E-state index contributed by atoms with van der Waals surface area (Å²) in [5.74, 6) is -1.63. The Labute approximate surface area is 227 Å². The zero-order chi connectivity index (χ0) is 27.8. The van der Waals surface area contributed by atoms with E-state index in [2.05, 4.69) is 20.6 Å². The van der Waals surface area contributed by atoms with Crippen LogP contribution < -0.4 is 21.1 Å². The standard InChI is InChI=1S/C27H27ClF3N5O3/c28-16-6-7-17(18(12-16)15-4-2-1-3-5-15)23(27(29,30)31)39-21-13-19(35-25(32)36-21)22-26(8-10-33-11-9-26)14-20(34-22)24(37)38/h1-7,12-13,20,22-23,33-34H,8-11,14H2,(H,37,38)(H2,32,35,36)/t20-,22+,23-/m0/s1. The van der Waals surface area contributed by atoms with Gasteiger partial charge in [0.05, 0.1) is 11.7 Å². The first-order valence-corrected chi connectivity index (χ1v) is 12.9. The van der Waals surface area contributed by atoms with Crippen molar-refractivity contribution in [3.63, 3.8) is 0 Å². The molecule has 3 heterocycles. The lowest BCUT2D eigenvalue weighted by Gasteiger charge is -2.38. The van der Waals surface area contributed by atoms with Gasteiger partial charge in [-0.1, -0.05) is 48.0 Å². The third-order valence-electron chi connectivity index (χ3n) is 7.44. The van der Waals surface area contributed by atoms with Crippen molar-refractivity contribution in [3.05, 3.63) is 70.9 Å². The van der Waals surface area contributed by atoms with E-state index in [0.29, 0.717) is 43.6 Å². The number of hydrogen-bond donors (Lipinski definition) is 4. The molecule has 2 aliphatic heterocycles. The van der Waals surface area contributed by atoms with Crippen LogP contribution in [0.4, 0.5) is 19.1 Å². The molecule has 3 atom stereocenters. The fourth-order valence-electron chi connectivity index (χ4n) is 5.66. The lowest BCUT2D eigenvalue weighted by Crippen LogP contribution is -2.40. The number of nitrogen functional groups attached to an aromatic ring is 1. The number of aliphatic carboxylic acids is 1. The molecule has 0 saturated carbocycles. The molecule has 0 unspecified atom stereocenters. The van der Waals surface area contributed by atoms with Gasteiger partial charge >= 0.3 is 12.1 Å². The molecule has 1 aromatic heterocycles. The van der Waals surface area contributed by atoms with Gasteiger partial charge in [0, 0.05) is 16.7 Å². The molecule has 39 heavy (non-hydrogen) atoms. The van der Waals surface area contributed by atoms with Gasteiger partial charge in [-0.3, -0.25) is 10.1 Å². The van der Waals surface area contributed by atoms with Crippen molar-refractivity contribution in [2.45, 2.75) is 43.6 Å². The van der Waals surface area contributed by atoms with E-state index >= 15 is 0 Å². The summed E-state index contributed by atoms with van der Waals surface area (Å²) < 4.78 is 49.0. The molecule has 2 aromatic carbocycles. The Kier molecular flexibility index (Phi) is 7.41. The SMILES string of the molecule is Nc1nc(O[C@@H](c2ccc(Cl)cc2-c2ccccc2)C(F)(F)F)cc([C@H]2N[C@H](C(=O)O)CC23CCNCC3)n1. The number of ether oxygens (including phenoxy) is 1. The largest absolute Gasteiger partial charge is 0.480 e. The molecule has 2 fully saturated rings. The quantitative estimate of drug-likeness (QED) is 0.334. The van der Waals surface area contributed by atoms with Crippen LogP contribution in [0.15, 0.2) is 54.6 Å². The minimum absolute atomic E-state index is 0.142. The van der Waals surface area contributed by atoms with Gasteiger partial charge in [0.25, 0.3) is 0 Å². The number of carboxylic acid groups (broad SMARTS) is 1. The number of rotatable bonds is 6. The van der Waals surface area contributed by atoms with Crippen LogP contribution in [0.5, 0.6) is 5.88 Å². The van der Waals surface area contributed by atoms with Crippen molar-refractivity contribution >= 4 is 23.5 Å². The molecule has 0 bridgehead atoms. The Hall–Kier alpha value is -3.41. The number of carboxylic acids is 1. The maximum absolute atomic E-state index is 14.5. The third-order valence-corrected chi connectivity index (χ3v) is 7.68. The van der Waals surface area contributed by atoms with Gasteiger partial charge in [-0.15, -0.1) is 0 Å². The van der Waals surface area contributed by atoms with Gasteiger partial charge in [0.2, 0.25) is 17.9 Å². The highest BCUT2D eigenvalue weighted by molar-refractivity contribution is 6.30. The van der Waals surface area contributed by atoms with E-state index in [0.717, 1.165) is 0 Å². The maximum Gasteiger partial charge on any atom is 0.429 e. The van der Waals surface area contributed by atoms with E-state index < -0.39 is 35.7 Å². The Morgan fingerprint density at radius 2 is 1.85 bits per heavy atom. The average molecular weight is 562 g/mol. The molecule has 2 aliphatic rings. The number of nitrogens with one attached hydrogen (secondary N) is 2. The van der Waals surface area contributed by atoms with Gasteiger partial charge in [-0.25, -0.2) is 4.98 Å². The Morgan fingerprint density at radius 1 is 1.13 bits per heavy atom. The predicted octanol–water partition coefficient (Wildman–Crippen LogP) is 4.92. The minimum atomic E-state index is -4.81. The molecule has 3 aromatic rings. The molecule has 0 aliphatic carbocycles. The summed E-state index contributed by atoms with van der Waals surface area (Å²) in [7, 11) is 0. The van der Waals surface area contributed by atoms with Crippen molar-refractivity contribution in [2.75, 3.05) is 18.8 Å². The third kappa shape index (κ3) is 5.66. The topological polar surface area (TPSA) is 122 Å². The summed E-state index contributed by atoms with van der Waals surface area (Å²) in [5, 5.41) is 16.3. The van der Waals surface area contributed by atoms with Crippen LogP contribution in [0.3, 0.4) is 0 Å². The van der Waals surface area contributed by atoms with Crippen LogP contribution in [0, 0.1) is 5.41 Å². The number of hydrogen-bond acceptors (Lipinski definition) is 7. The summed E-state index contributed by atoms with van der Waals surface area (Å²) >= 11 is 6.15. The van der Waals surface area contributed by atoms with Gasteiger partial charge in [0.1, 0.15) is 6.04 Å². The molecule has 0 radical (unpaired) electrons. The number of alkyl halides is 3. The summed E-state index contributed by atoms with van der Waals surface area (Å²) in [6, 6.07) is 12.6. The first-order chi connectivity index (χ1) is 18.6. The second-order valence-corrected chi connectivity index (χ2v) is 10.4. The Bertz CT molecular complexity index is 1350. The Morgan fingerprint density at radius 3 is 2.51 bits per heavy atom. The number of nitrogens with zero attached hydrogens (tertiary/aromatic N) is 2. The minimum Gasteiger partial charge on any atom is -0.480 e. The zero-order valence-corrected chi connectivity index (χ0v) is 21.5. The highest BCUT2D eigenvalue weighted by Crippen LogP contribution is 2.50. The summed E-state index contributed by atoms with van der Waals surface area (Å²) in [6.07, 6.45) is -5.49. The van der Waals surface area contributed by atoms with Gasteiger partial charge in [-0.2, -0.15) is 18.2 Å². The van der Waals surface area contributed by atoms with Crippen molar-refractivity contribution in [1.82, 2.24) is 20.6 Å². The number of aromatic nitrogens is 2. The number of piperidine rings is 1. The molecule has 0 amide bonds. The molecule has 2 saturated heterocycles. The first kappa shape index (κ1) is 27.2. The van der Waals surface area contributed by atoms with E-state index in [4.69, 9.17) is 22.1 Å². The van der Waals surface area contributed by atoms with Crippen LogP contribution in [0.25, 0.3) is 11.1 Å². The molecule has 12 heteroatoms. The van der Waals surface area contributed by atoms with Crippen molar-refractivity contribution in [2.24, 2.45) is 5.41 Å². The fourth-order valence-corrected chi connectivity index (χ4v) is 5.83. The predicted molar refractivity (Wildman–Crippen MR) is 139 cm³/mol. The highest BCUT2D eigenvalue weighted by atomic mass is 35.5. The number of benzene rings is 2. The summed E-state index contributed by atoms with van der Waals surface area (Å²) in [4.78, 5) is 20.1. The van der Waals surface area contributed by atoms with Crippen LogP contribution in [0.1, 0.15) is 42.7 Å². The van der Waals surface area contributed by atoms with E-state index in [9.17, 15) is 23.1 Å². The van der Waals surface area contributed by atoms with Crippen LogP contribution in [0.2, 0.25) is 5.02 Å². The number of halogens is 4. The Balaban J connectivity index is 1.54. The summed E-state index contributed by atoms with van der Waals surface area (Å²) in [6.45, 7) is 1.37. The van der Waals surface area contributed by atoms with Crippen LogP contribution in [-0.2, 0) is 4.79 Å². The lowest BCUT2D eigenvalue weighted by molar-refractivity contribution is -0.198. The van der Waals surface area contributed by atoms with Gasteiger partial charge < -0.3 is 20.9 Å². The fraction of sp³-hybridized carbons (Fsp3) is 0.370. The monoisotopic (exact) mass is 561 g/mol. The maximum atomic E-state index is 14.5. The zero-order valence-electron chi connectivity index (χ0n) is 20.7. The normalized spacial score (nSPS) is 21.5. The average Bonchev–Trinajstić information content (AvgIpc) is 3.26. The molecule has 5 rings (SSSR count). The number of anilines is 1. The van der Waals surface area contributed by atoms with Crippen LogP contribution in [-0.4, -0.2) is 46.4 Å². The van der Waals surface area contributed by atoms with E-state index in [1.807, 2.05) is 0 Å². The second kappa shape index (κ2) is 10.6. The van der Waals surface area contributed by atoms with E-state index in [1.54, 1.807) is 30.3 Å². The van der Waals surface area contributed by atoms with Gasteiger partial charge in [-0.05, 0) is 61.0 Å². The van der Waals surface area contributed by atoms with E-state index in [1.165, 1.54) is 24.3 Å². The smallest absolute Gasteiger partial charge is 0.429 e. The number of carbonyl (C=O) groups is 1. The van der Waals surface area contributed by atoms with Crippen molar-refractivity contribution in [1.29, 1.82) is 0 Å². The van der Waals surface area contributed by atoms with Crippen LogP contribution >= 0.6 is 11.6 Å². The molecular weight excluding hydrogens is 535 g/mol. The highest BCUT2D eigenvalue weighted by Gasteiger charge is 2.51. The first-order valence-electron chi connectivity index (χ1n) is 12.5.